The second kappa shape index (κ2) is 7.84. The average molecular weight is 432 g/mol. The van der Waals surface area contributed by atoms with E-state index in [0.717, 1.165) is 50.5 Å². The molecule has 1 fully saturated rings. The average Bonchev–Trinajstić information content (AvgIpc) is 3.42. The van der Waals surface area contributed by atoms with Gasteiger partial charge in [0.25, 0.3) is 5.91 Å². The van der Waals surface area contributed by atoms with Gasteiger partial charge in [-0.05, 0) is 72.6 Å². The molecule has 1 saturated carbocycles. The number of hydrazone groups is 1. The largest absolute Gasteiger partial charge is 0.349 e. The summed E-state index contributed by atoms with van der Waals surface area (Å²) in [5.74, 6) is 0.00864. The van der Waals surface area contributed by atoms with Crippen LogP contribution < -0.4 is 5.32 Å². The van der Waals surface area contributed by atoms with Gasteiger partial charge < -0.3 is 5.32 Å². The predicted molar refractivity (Wildman–Crippen MR) is 114 cm³/mol. The first-order chi connectivity index (χ1) is 12.4. The summed E-state index contributed by atoms with van der Waals surface area (Å²) in [5.41, 5.74) is 4.45. The summed E-state index contributed by atoms with van der Waals surface area (Å²) in [6, 6.07) is 6.25. The van der Waals surface area contributed by atoms with Crippen molar-refractivity contribution < 1.29 is 4.79 Å². The summed E-state index contributed by atoms with van der Waals surface area (Å²) < 4.78 is 0.755. The van der Waals surface area contributed by atoms with Crippen LogP contribution in [0.3, 0.4) is 0 Å². The molecule has 0 saturated heterocycles. The van der Waals surface area contributed by atoms with Crippen LogP contribution in [0.4, 0.5) is 0 Å². The van der Waals surface area contributed by atoms with E-state index in [0.29, 0.717) is 6.04 Å². The summed E-state index contributed by atoms with van der Waals surface area (Å²) >= 11 is 5.11. The van der Waals surface area contributed by atoms with Crippen molar-refractivity contribution in [2.45, 2.75) is 32.7 Å². The van der Waals surface area contributed by atoms with E-state index in [9.17, 15) is 4.79 Å². The Bertz CT molecular complexity index is 853. The van der Waals surface area contributed by atoms with Crippen LogP contribution in [0.15, 0.2) is 52.6 Å². The molecule has 0 atom stereocenters. The summed E-state index contributed by atoms with van der Waals surface area (Å²) in [4.78, 5) is 13.4. The number of amides is 1. The molecular formula is C20H22BrN3OS. The molecule has 0 radical (unpaired) electrons. The van der Waals surface area contributed by atoms with Crippen LogP contribution in [-0.2, 0) is 0 Å². The molecule has 1 aromatic carbocycles. The molecule has 1 heterocycles. The number of nitrogens with one attached hydrogen (secondary N) is 1. The molecule has 1 aliphatic carbocycles. The quantitative estimate of drug-likeness (QED) is 0.710. The fourth-order valence-electron chi connectivity index (χ4n) is 2.84. The highest BCUT2D eigenvalue weighted by molar-refractivity contribution is 9.18. The van der Waals surface area contributed by atoms with Crippen molar-refractivity contribution in [2.75, 3.05) is 6.26 Å². The maximum atomic E-state index is 12.4. The molecule has 0 spiro atoms. The minimum absolute atomic E-state index is 0.00864. The Morgan fingerprint density at radius 1 is 1.46 bits per heavy atom. The minimum atomic E-state index is 0.00864. The first-order valence-electron chi connectivity index (χ1n) is 8.52. The SMILES string of the molecule is C=C1C(SC)=CC(Br)=NN1/C(=C\C)c1ccc(C(=O)NC2CC2)c(C)c1. The topological polar surface area (TPSA) is 44.7 Å². The summed E-state index contributed by atoms with van der Waals surface area (Å²) in [7, 11) is 0. The standard InChI is InChI=1S/C20H22BrN3OS/c1-5-17(24-13(3)18(26-4)11-19(21)23-24)14-6-9-16(12(2)10-14)20(25)22-15-7-8-15/h5-6,9-11,15H,3,7-8H2,1-2,4H3,(H,22,25)/b17-5-. The Hall–Kier alpha value is -1.79. The van der Waals surface area contributed by atoms with Crippen molar-refractivity contribution in [1.29, 1.82) is 0 Å². The highest BCUT2D eigenvalue weighted by atomic mass is 79.9. The van der Waals surface area contributed by atoms with E-state index in [1.54, 1.807) is 11.8 Å². The van der Waals surface area contributed by atoms with Crippen LogP contribution in [0, 0.1) is 6.92 Å². The molecule has 0 aromatic heterocycles. The molecule has 2 aliphatic rings. The van der Waals surface area contributed by atoms with Gasteiger partial charge in [-0.3, -0.25) is 4.79 Å². The lowest BCUT2D eigenvalue weighted by Crippen LogP contribution is -2.26. The zero-order valence-electron chi connectivity index (χ0n) is 15.2. The van der Waals surface area contributed by atoms with Crippen molar-refractivity contribution >= 4 is 43.9 Å². The van der Waals surface area contributed by atoms with Crippen LogP contribution in [0.25, 0.3) is 5.70 Å². The van der Waals surface area contributed by atoms with E-state index < -0.39 is 0 Å². The molecule has 26 heavy (non-hydrogen) atoms. The maximum Gasteiger partial charge on any atom is 0.251 e. The zero-order chi connectivity index (χ0) is 18.8. The summed E-state index contributed by atoms with van der Waals surface area (Å²) in [6.07, 6.45) is 8.17. The number of thioether (sulfide) groups is 1. The first kappa shape index (κ1) is 19.0. The normalized spacial score (nSPS) is 17.8. The second-order valence-corrected chi connectivity index (χ2v) is 8.01. The lowest BCUT2D eigenvalue weighted by Gasteiger charge is -2.28. The van der Waals surface area contributed by atoms with E-state index in [1.807, 2.05) is 55.5 Å². The van der Waals surface area contributed by atoms with Gasteiger partial charge in [0.2, 0.25) is 0 Å². The number of carbonyl (C=O) groups excluding carboxylic acids is 1. The van der Waals surface area contributed by atoms with Crippen molar-refractivity contribution in [2.24, 2.45) is 5.10 Å². The zero-order valence-corrected chi connectivity index (χ0v) is 17.6. The summed E-state index contributed by atoms with van der Waals surface area (Å²) in [5, 5.41) is 9.46. The van der Waals surface area contributed by atoms with Gasteiger partial charge >= 0.3 is 0 Å². The number of hydrogen-bond acceptors (Lipinski definition) is 4. The number of halogens is 1. The lowest BCUT2D eigenvalue weighted by molar-refractivity contribution is 0.0950. The van der Waals surface area contributed by atoms with E-state index in [2.05, 4.69) is 32.9 Å². The first-order valence-corrected chi connectivity index (χ1v) is 10.5. The van der Waals surface area contributed by atoms with E-state index in [4.69, 9.17) is 0 Å². The Balaban J connectivity index is 1.89. The van der Waals surface area contributed by atoms with Gasteiger partial charge in [-0.2, -0.15) is 5.10 Å². The molecule has 0 unspecified atom stereocenters. The van der Waals surface area contributed by atoms with Crippen molar-refractivity contribution in [1.82, 2.24) is 10.3 Å². The molecule has 6 heteroatoms. The van der Waals surface area contributed by atoms with Gasteiger partial charge in [-0.1, -0.05) is 18.7 Å². The second-order valence-electron chi connectivity index (χ2n) is 6.35. The molecule has 0 bridgehead atoms. The number of nitrogens with zero attached hydrogens (tertiary/aromatic N) is 2. The van der Waals surface area contributed by atoms with Gasteiger partial charge in [0.05, 0.1) is 11.4 Å². The molecule has 136 valence electrons. The van der Waals surface area contributed by atoms with Gasteiger partial charge in [0.1, 0.15) is 4.62 Å². The van der Waals surface area contributed by atoms with Crippen LogP contribution in [0.2, 0.25) is 0 Å². The third-order valence-corrected chi connectivity index (χ3v) is 5.57. The number of hydrogen-bond donors (Lipinski definition) is 1. The third-order valence-electron chi connectivity index (χ3n) is 4.39. The number of carbonyl (C=O) groups is 1. The van der Waals surface area contributed by atoms with Crippen molar-refractivity contribution in [3.8, 4) is 0 Å². The van der Waals surface area contributed by atoms with Crippen LogP contribution in [0.1, 0.15) is 41.3 Å². The lowest BCUT2D eigenvalue weighted by atomic mass is 10.0. The maximum absolute atomic E-state index is 12.4. The molecule has 1 aromatic rings. The van der Waals surface area contributed by atoms with Gasteiger partial charge in [-0.25, -0.2) is 5.01 Å². The third kappa shape index (κ3) is 3.96. The van der Waals surface area contributed by atoms with Crippen LogP contribution >= 0.6 is 27.7 Å². The molecule has 1 N–H and O–H groups in total. The molecule has 4 nitrogen and oxygen atoms in total. The summed E-state index contributed by atoms with van der Waals surface area (Å²) in [6.45, 7) is 8.14. The van der Waals surface area contributed by atoms with Crippen molar-refractivity contribution in [3.63, 3.8) is 0 Å². The highest BCUT2D eigenvalue weighted by Crippen LogP contribution is 2.35. The number of aryl methyl sites for hydroxylation is 1. The minimum Gasteiger partial charge on any atom is -0.349 e. The fourth-order valence-corrected chi connectivity index (χ4v) is 3.93. The highest BCUT2D eigenvalue weighted by Gasteiger charge is 2.25. The van der Waals surface area contributed by atoms with Crippen LogP contribution in [0.5, 0.6) is 0 Å². The monoisotopic (exact) mass is 431 g/mol. The van der Waals surface area contributed by atoms with Crippen molar-refractivity contribution in [3.05, 3.63) is 64.2 Å². The number of benzene rings is 1. The smallest absolute Gasteiger partial charge is 0.251 e. The number of rotatable bonds is 5. The van der Waals surface area contributed by atoms with E-state index in [-0.39, 0.29) is 5.91 Å². The van der Waals surface area contributed by atoms with Crippen LogP contribution in [-0.4, -0.2) is 27.8 Å². The van der Waals surface area contributed by atoms with Gasteiger partial charge in [-0.15, -0.1) is 11.8 Å². The number of allylic oxidation sites excluding steroid dienone is 2. The fraction of sp³-hybridized carbons (Fsp3) is 0.300. The molecule has 3 rings (SSSR count). The van der Waals surface area contributed by atoms with E-state index in [1.165, 1.54) is 0 Å². The Morgan fingerprint density at radius 3 is 2.77 bits per heavy atom. The molecular weight excluding hydrogens is 410 g/mol. The van der Waals surface area contributed by atoms with Gasteiger partial charge in [0, 0.05) is 22.1 Å². The van der Waals surface area contributed by atoms with E-state index >= 15 is 0 Å². The Kier molecular flexibility index (Phi) is 5.73. The molecule has 1 amide bonds. The predicted octanol–water partition coefficient (Wildman–Crippen LogP) is 5.03. The Labute approximate surface area is 167 Å². The van der Waals surface area contributed by atoms with Gasteiger partial charge in [0.15, 0.2) is 0 Å². The molecule has 1 aliphatic heterocycles. The Morgan fingerprint density at radius 2 is 2.19 bits per heavy atom.